The minimum Gasteiger partial charge on any atom is -0.390 e. The predicted molar refractivity (Wildman–Crippen MR) is 58.6 cm³/mol. The summed E-state index contributed by atoms with van der Waals surface area (Å²) in [7, 11) is 3.32. The smallest absolute Gasteiger partial charge is 0.182 e. The molecule has 0 bridgehead atoms. The zero-order valence-electron chi connectivity index (χ0n) is 9.43. The fourth-order valence-electron chi connectivity index (χ4n) is 1.76. The van der Waals surface area contributed by atoms with Gasteiger partial charge in [-0.15, -0.1) is 0 Å². The molecule has 1 N–H and O–H groups in total. The van der Waals surface area contributed by atoms with E-state index in [1.165, 1.54) is 11.0 Å². The van der Waals surface area contributed by atoms with Gasteiger partial charge in [-0.05, 0) is 30.5 Å². The van der Waals surface area contributed by atoms with Crippen molar-refractivity contribution in [2.75, 3.05) is 19.0 Å². The van der Waals surface area contributed by atoms with Gasteiger partial charge in [-0.1, -0.05) is 0 Å². The first-order valence-corrected chi connectivity index (χ1v) is 5.29. The van der Waals surface area contributed by atoms with Crippen LogP contribution in [0.3, 0.4) is 0 Å². The van der Waals surface area contributed by atoms with Crippen LogP contribution >= 0.6 is 0 Å². The maximum atomic E-state index is 13.4. The molecular weight excluding hydrogens is 212 g/mol. The van der Waals surface area contributed by atoms with E-state index in [0.717, 1.165) is 12.8 Å². The molecule has 0 amide bonds. The number of anilines is 1. The van der Waals surface area contributed by atoms with E-state index in [2.05, 4.69) is 0 Å². The van der Waals surface area contributed by atoms with E-state index in [9.17, 15) is 13.9 Å². The van der Waals surface area contributed by atoms with Gasteiger partial charge in [-0.2, -0.15) is 0 Å². The van der Waals surface area contributed by atoms with Gasteiger partial charge in [0.2, 0.25) is 0 Å². The Hall–Kier alpha value is -1.16. The van der Waals surface area contributed by atoms with Gasteiger partial charge in [0.05, 0.1) is 11.3 Å². The average molecular weight is 227 g/mol. The first-order valence-electron chi connectivity index (χ1n) is 5.29. The standard InChI is InChI=1S/C12H15F2NO/c1-15(2)10-6-8(5-9(13)11(10)14)7-12(16)3-4-12/h5-6,16H,3-4,7H2,1-2H3. The van der Waals surface area contributed by atoms with Gasteiger partial charge in [0.15, 0.2) is 11.6 Å². The Morgan fingerprint density at radius 3 is 2.44 bits per heavy atom. The van der Waals surface area contributed by atoms with E-state index in [4.69, 9.17) is 0 Å². The summed E-state index contributed by atoms with van der Waals surface area (Å²) in [5.41, 5.74) is 0.176. The summed E-state index contributed by atoms with van der Waals surface area (Å²) in [5, 5.41) is 9.74. The molecule has 1 aromatic carbocycles. The molecule has 1 saturated carbocycles. The summed E-state index contributed by atoms with van der Waals surface area (Å²) in [4.78, 5) is 1.53. The topological polar surface area (TPSA) is 23.5 Å². The summed E-state index contributed by atoms with van der Waals surface area (Å²) in [5.74, 6) is -1.69. The largest absolute Gasteiger partial charge is 0.390 e. The normalized spacial score (nSPS) is 17.3. The van der Waals surface area contributed by atoms with Gasteiger partial charge in [0.25, 0.3) is 0 Å². The zero-order valence-corrected chi connectivity index (χ0v) is 9.43. The molecule has 0 unspecified atom stereocenters. The van der Waals surface area contributed by atoms with Crippen LogP contribution in [-0.4, -0.2) is 24.8 Å². The third kappa shape index (κ3) is 2.16. The lowest BCUT2D eigenvalue weighted by atomic mass is 10.1. The molecule has 0 spiro atoms. The minimum absolute atomic E-state index is 0.222. The van der Waals surface area contributed by atoms with Gasteiger partial charge in [-0.3, -0.25) is 0 Å². The van der Waals surface area contributed by atoms with E-state index in [1.54, 1.807) is 20.2 Å². The molecule has 2 rings (SSSR count). The minimum atomic E-state index is -0.856. The van der Waals surface area contributed by atoms with Crippen molar-refractivity contribution < 1.29 is 13.9 Å². The lowest BCUT2D eigenvalue weighted by Gasteiger charge is -2.16. The molecular formula is C12H15F2NO. The van der Waals surface area contributed by atoms with E-state index in [-0.39, 0.29) is 5.69 Å². The highest BCUT2D eigenvalue weighted by atomic mass is 19.2. The highest BCUT2D eigenvalue weighted by molar-refractivity contribution is 5.49. The van der Waals surface area contributed by atoms with Crippen LogP contribution in [0.4, 0.5) is 14.5 Å². The fourth-order valence-corrected chi connectivity index (χ4v) is 1.76. The highest BCUT2D eigenvalue weighted by Crippen LogP contribution is 2.39. The van der Waals surface area contributed by atoms with Gasteiger partial charge in [0, 0.05) is 20.5 Å². The number of hydrogen-bond donors (Lipinski definition) is 1. The van der Waals surface area contributed by atoms with Crippen molar-refractivity contribution >= 4 is 5.69 Å². The van der Waals surface area contributed by atoms with Crippen molar-refractivity contribution in [2.24, 2.45) is 0 Å². The summed E-state index contributed by atoms with van der Waals surface area (Å²) >= 11 is 0. The summed E-state index contributed by atoms with van der Waals surface area (Å²) in [6, 6.07) is 2.76. The maximum Gasteiger partial charge on any atom is 0.182 e. The molecule has 0 saturated heterocycles. The molecule has 1 fully saturated rings. The number of nitrogens with zero attached hydrogens (tertiary/aromatic N) is 1. The SMILES string of the molecule is CN(C)c1cc(CC2(O)CC2)cc(F)c1F. The molecule has 0 atom stereocenters. The van der Waals surface area contributed by atoms with E-state index in [0.29, 0.717) is 12.0 Å². The van der Waals surface area contributed by atoms with Crippen LogP contribution < -0.4 is 4.90 Å². The third-order valence-corrected chi connectivity index (χ3v) is 2.91. The molecule has 1 aromatic rings. The highest BCUT2D eigenvalue weighted by Gasteiger charge is 2.40. The number of benzene rings is 1. The van der Waals surface area contributed by atoms with Crippen molar-refractivity contribution in [3.63, 3.8) is 0 Å². The van der Waals surface area contributed by atoms with Gasteiger partial charge >= 0.3 is 0 Å². The summed E-state index contributed by atoms with van der Waals surface area (Å²) in [6.07, 6.45) is 1.87. The van der Waals surface area contributed by atoms with Crippen LogP contribution in [-0.2, 0) is 6.42 Å². The average Bonchev–Trinajstić information content (AvgIpc) is 2.89. The van der Waals surface area contributed by atoms with Gasteiger partial charge in [0.1, 0.15) is 0 Å². The third-order valence-electron chi connectivity index (χ3n) is 2.91. The molecule has 1 aliphatic rings. The number of halogens is 2. The lowest BCUT2D eigenvalue weighted by molar-refractivity contribution is 0.151. The monoisotopic (exact) mass is 227 g/mol. The molecule has 0 radical (unpaired) electrons. The molecule has 88 valence electrons. The Morgan fingerprint density at radius 2 is 1.94 bits per heavy atom. The first kappa shape index (κ1) is 11.3. The first-order chi connectivity index (χ1) is 7.41. The van der Waals surface area contributed by atoms with Crippen molar-refractivity contribution in [3.8, 4) is 0 Å². The Morgan fingerprint density at radius 1 is 1.31 bits per heavy atom. The number of aliphatic hydroxyl groups is 1. The second-order valence-electron chi connectivity index (χ2n) is 4.71. The van der Waals surface area contributed by atoms with Crippen molar-refractivity contribution in [1.29, 1.82) is 0 Å². The molecule has 0 heterocycles. The van der Waals surface area contributed by atoms with E-state index in [1.807, 2.05) is 0 Å². The molecule has 0 aliphatic heterocycles. The second-order valence-corrected chi connectivity index (χ2v) is 4.71. The Balaban J connectivity index is 2.32. The second kappa shape index (κ2) is 3.70. The van der Waals surface area contributed by atoms with Crippen LogP contribution in [0.2, 0.25) is 0 Å². The zero-order chi connectivity index (χ0) is 11.9. The Bertz CT molecular complexity index is 414. The summed E-state index contributed by atoms with van der Waals surface area (Å²) < 4.78 is 26.7. The molecule has 1 aliphatic carbocycles. The van der Waals surface area contributed by atoms with Crippen LogP contribution in [0.1, 0.15) is 18.4 Å². The van der Waals surface area contributed by atoms with Crippen LogP contribution in [0.15, 0.2) is 12.1 Å². The number of hydrogen-bond acceptors (Lipinski definition) is 2. The van der Waals surface area contributed by atoms with Crippen molar-refractivity contribution in [1.82, 2.24) is 0 Å². The lowest BCUT2D eigenvalue weighted by Crippen LogP contribution is -2.15. The van der Waals surface area contributed by atoms with E-state index < -0.39 is 17.2 Å². The van der Waals surface area contributed by atoms with Gasteiger partial charge < -0.3 is 10.0 Å². The quantitative estimate of drug-likeness (QED) is 0.854. The van der Waals surface area contributed by atoms with Crippen molar-refractivity contribution in [2.45, 2.75) is 24.9 Å². The number of rotatable bonds is 3. The van der Waals surface area contributed by atoms with Crippen LogP contribution in [0.5, 0.6) is 0 Å². The summed E-state index contributed by atoms with van der Waals surface area (Å²) in [6.45, 7) is 0. The predicted octanol–water partition coefficient (Wildman–Crippen LogP) is 2.10. The van der Waals surface area contributed by atoms with E-state index >= 15 is 0 Å². The van der Waals surface area contributed by atoms with Gasteiger partial charge in [-0.25, -0.2) is 8.78 Å². The Labute approximate surface area is 93.5 Å². The molecule has 4 heteroatoms. The maximum absolute atomic E-state index is 13.4. The van der Waals surface area contributed by atoms with Crippen LogP contribution in [0.25, 0.3) is 0 Å². The molecule has 0 aromatic heterocycles. The van der Waals surface area contributed by atoms with Crippen molar-refractivity contribution in [3.05, 3.63) is 29.3 Å². The molecule has 2 nitrogen and oxygen atoms in total. The molecule has 16 heavy (non-hydrogen) atoms. The fraction of sp³-hybridized carbons (Fsp3) is 0.500. The van der Waals surface area contributed by atoms with Crippen LogP contribution in [0, 0.1) is 11.6 Å². The Kier molecular flexibility index (Phi) is 2.62.